The molecule has 21 heavy (non-hydrogen) atoms. The summed E-state index contributed by atoms with van der Waals surface area (Å²) < 4.78 is 17.2. The van der Waals surface area contributed by atoms with Gasteiger partial charge in [0.25, 0.3) is 5.91 Å². The van der Waals surface area contributed by atoms with E-state index in [4.69, 9.17) is 0 Å². The van der Waals surface area contributed by atoms with Crippen LogP contribution in [-0.2, 0) is 18.4 Å². The van der Waals surface area contributed by atoms with Crippen LogP contribution in [0.1, 0.15) is 31.4 Å². The first-order valence-corrected chi connectivity index (χ1v) is 7.89. The summed E-state index contributed by atoms with van der Waals surface area (Å²) in [5.74, 6) is -0.281. The molecule has 116 valence electrons. The van der Waals surface area contributed by atoms with Crippen LogP contribution in [0.5, 0.6) is 0 Å². The van der Waals surface area contributed by atoms with E-state index in [0.29, 0.717) is 13.0 Å². The molecule has 0 aliphatic carbocycles. The quantitative estimate of drug-likeness (QED) is 0.852. The first-order chi connectivity index (χ1) is 10.1. The van der Waals surface area contributed by atoms with Gasteiger partial charge in [-0.05, 0) is 44.4 Å². The lowest BCUT2D eigenvalue weighted by Gasteiger charge is -2.38. The van der Waals surface area contributed by atoms with Crippen LogP contribution in [0.4, 0.5) is 4.39 Å². The number of hydrogen-bond donors (Lipinski definition) is 0. The average molecular weight is 293 g/mol. The first kappa shape index (κ1) is 14.6. The lowest BCUT2D eigenvalue weighted by atomic mass is 9.93. The lowest BCUT2D eigenvalue weighted by Crippen LogP contribution is -2.54. The van der Waals surface area contributed by atoms with E-state index >= 15 is 4.39 Å². The summed E-state index contributed by atoms with van der Waals surface area (Å²) in [7, 11) is 2.00. The number of piperidine rings is 1. The molecule has 2 saturated heterocycles. The van der Waals surface area contributed by atoms with Gasteiger partial charge in [-0.25, -0.2) is 4.39 Å². The Morgan fingerprint density at radius 3 is 2.71 bits per heavy atom. The Hall–Kier alpha value is -1.36. The summed E-state index contributed by atoms with van der Waals surface area (Å²) in [4.78, 5) is 16.2. The van der Waals surface area contributed by atoms with E-state index in [1.54, 1.807) is 4.90 Å². The van der Waals surface area contributed by atoms with Crippen LogP contribution in [0.3, 0.4) is 0 Å². The maximum Gasteiger partial charge on any atom is 0.261 e. The Kier molecular flexibility index (Phi) is 4.02. The van der Waals surface area contributed by atoms with Crippen molar-refractivity contribution in [1.82, 2.24) is 14.4 Å². The summed E-state index contributed by atoms with van der Waals surface area (Å²) in [6.45, 7) is 3.25. The molecule has 3 rings (SSSR count). The van der Waals surface area contributed by atoms with Crippen molar-refractivity contribution in [3.8, 4) is 0 Å². The van der Waals surface area contributed by atoms with Gasteiger partial charge in [0.05, 0.1) is 0 Å². The van der Waals surface area contributed by atoms with Crippen LogP contribution >= 0.6 is 0 Å². The van der Waals surface area contributed by atoms with Crippen molar-refractivity contribution >= 4 is 5.91 Å². The molecular weight excluding hydrogens is 269 g/mol. The number of halogens is 1. The number of hydrogen-bond acceptors (Lipinski definition) is 2. The standard InChI is InChI=1S/C16H24FN3O/c1-18-8-4-6-14(18)12-19-9-5-7-16(17,13-19)15(21)20-10-2-3-11-20/h4,6,8H,2-3,5,7,9-13H2,1H3. The predicted octanol–water partition coefficient (Wildman–Crippen LogP) is 1.95. The molecule has 1 aromatic heterocycles. The summed E-state index contributed by atoms with van der Waals surface area (Å²) in [6.07, 6.45) is 5.13. The number of rotatable bonds is 3. The number of nitrogens with zero attached hydrogens (tertiary/aromatic N) is 3. The van der Waals surface area contributed by atoms with Gasteiger partial charge in [0, 0.05) is 45.1 Å². The number of likely N-dealkylation sites (tertiary alicyclic amines) is 2. The second-order valence-corrected chi connectivity index (χ2v) is 6.39. The second kappa shape index (κ2) is 5.79. The number of aromatic nitrogens is 1. The van der Waals surface area contributed by atoms with Crippen molar-refractivity contribution in [2.75, 3.05) is 26.2 Å². The number of aryl methyl sites for hydroxylation is 1. The molecule has 3 heterocycles. The first-order valence-electron chi connectivity index (χ1n) is 7.89. The van der Waals surface area contributed by atoms with Gasteiger partial charge in [0.2, 0.25) is 5.67 Å². The van der Waals surface area contributed by atoms with E-state index in [0.717, 1.165) is 44.6 Å². The molecule has 0 spiro atoms. The smallest absolute Gasteiger partial charge is 0.261 e. The summed E-state index contributed by atoms with van der Waals surface area (Å²) >= 11 is 0. The van der Waals surface area contributed by atoms with Gasteiger partial charge in [-0.2, -0.15) is 0 Å². The van der Waals surface area contributed by atoms with Crippen LogP contribution in [0, 0.1) is 0 Å². The van der Waals surface area contributed by atoms with Crippen LogP contribution < -0.4 is 0 Å². The molecule has 2 aliphatic rings. The zero-order chi connectivity index (χ0) is 14.9. The van der Waals surface area contributed by atoms with E-state index in [9.17, 15) is 4.79 Å². The molecule has 2 fully saturated rings. The lowest BCUT2D eigenvalue weighted by molar-refractivity contribution is -0.147. The van der Waals surface area contributed by atoms with Crippen molar-refractivity contribution in [2.24, 2.45) is 7.05 Å². The third kappa shape index (κ3) is 2.98. The van der Waals surface area contributed by atoms with E-state index in [1.807, 2.05) is 19.3 Å². The molecule has 0 radical (unpaired) electrons. The highest BCUT2D eigenvalue weighted by molar-refractivity contribution is 5.85. The topological polar surface area (TPSA) is 28.5 Å². The fraction of sp³-hybridized carbons (Fsp3) is 0.688. The van der Waals surface area contributed by atoms with E-state index in [1.165, 1.54) is 0 Å². The monoisotopic (exact) mass is 293 g/mol. The highest BCUT2D eigenvalue weighted by Crippen LogP contribution is 2.29. The van der Waals surface area contributed by atoms with Crippen molar-refractivity contribution < 1.29 is 9.18 Å². The molecule has 0 N–H and O–H groups in total. The number of carbonyl (C=O) groups is 1. The Bertz CT molecular complexity index is 509. The van der Waals surface area contributed by atoms with Crippen LogP contribution in [0.25, 0.3) is 0 Å². The van der Waals surface area contributed by atoms with Gasteiger partial charge in [-0.1, -0.05) is 0 Å². The maximum absolute atomic E-state index is 15.2. The van der Waals surface area contributed by atoms with Gasteiger partial charge in [0.1, 0.15) is 0 Å². The number of carbonyl (C=O) groups excluding carboxylic acids is 1. The minimum atomic E-state index is -1.69. The normalized spacial score (nSPS) is 27.2. The van der Waals surface area contributed by atoms with Crippen molar-refractivity contribution in [3.05, 3.63) is 24.0 Å². The minimum Gasteiger partial charge on any atom is -0.353 e. The van der Waals surface area contributed by atoms with E-state index < -0.39 is 5.67 Å². The second-order valence-electron chi connectivity index (χ2n) is 6.39. The van der Waals surface area contributed by atoms with Crippen molar-refractivity contribution in [1.29, 1.82) is 0 Å². The highest BCUT2D eigenvalue weighted by Gasteiger charge is 2.45. The molecule has 5 heteroatoms. The van der Waals surface area contributed by atoms with Gasteiger partial charge in [0.15, 0.2) is 0 Å². The molecule has 1 atom stereocenters. The van der Waals surface area contributed by atoms with Crippen molar-refractivity contribution in [3.63, 3.8) is 0 Å². The molecule has 0 aromatic carbocycles. The van der Waals surface area contributed by atoms with Gasteiger partial charge in [-0.15, -0.1) is 0 Å². The third-order valence-electron chi connectivity index (χ3n) is 4.74. The fourth-order valence-electron chi connectivity index (χ4n) is 3.50. The van der Waals surface area contributed by atoms with Crippen LogP contribution in [-0.4, -0.2) is 52.1 Å². The highest BCUT2D eigenvalue weighted by atomic mass is 19.1. The van der Waals surface area contributed by atoms with Gasteiger partial charge >= 0.3 is 0 Å². The van der Waals surface area contributed by atoms with Crippen LogP contribution in [0.2, 0.25) is 0 Å². The number of alkyl halides is 1. The maximum atomic E-state index is 15.2. The average Bonchev–Trinajstić information content (AvgIpc) is 3.11. The zero-order valence-corrected chi connectivity index (χ0v) is 12.7. The third-order valence-corrected chi connectivity index (χ3v) is 4.74. The van der Waals surface area contributed by atoms with Crippen LogP contribution in [0.15, 0.2) is 18.3 Å². The SMILES string of the molecule is Cn1cccc1CN1CCCC(F)(C(=O)N2CCCC2)C1. The molecule has 0 saturated carbocycles. The molecular formula is C16H24FN3O. The number of amides is 1. The molecule has 1 unspecified atom stereocenters. The van der Waals surface area contributed by atoms with E-state index in [2.05, 4.69) is 15.5 Å². The molecule has 1 aromatic rings. The Balaban J connectivity index is 1.66. The summed E-state index contributed by atoms with van der Waals surface area (Å²) in [6, 6.07) is 4.05. The molecule has 2 aliphatic heterocycles. The largest absolute Gasteiger partial charge is 0.353 e. The minimum absolute atomic E-state index is 0.230. The molecule has 4 nitrogen and oxygen atoms in total. The Morgan fingerprint density at radius 1 is 1.29 bits per heavy atom. The summed E-state index contributed by atoms with van der Waals surface area (Å²) in [5, 5.41) is 0. The zero-order valence-electron chi connectivity index (χ0n) is 12.7. The van der Waals surface area contributed by atoms with Crippen molar-refractivity contribution in [2.45, 2.75) is 37.9 Å². The Morgan fingerprint density at radius 2 is 2.05 bits per heavy atom. The molecule has 0 bridgehead atoms. The Labute approximate surface area is 125 Å². The van der Waals surface area contributed by atoms with Gasteiger partial charge < -0.3 is 9.47 Å². The fourth-order valence-corrected chi connectivity index (χ4v) is 3.50. The van der Waals surface area contributed by atoms with Gasteiger partial charge in [-0.3, -0.25) is 9.69 Å². The predicted molar refractivity (Wildman–Crippen MR) is 79.6 cm³/mol. The molecule has 1 amide bonds. The van der Waals surface area contributed by atoms with E-state index in [-0.39, 0.29) is 12.5 Å². The summed E-state index contributed by atoms with van der Waals surface area (Å²) in [5.41, 5.74) is -0.527.